The third kappa shape index (κ3) is 6.57. The highest BCUT2D eigenvalue weighted by atomic mass is 35.5. The molecule has 0 aliphatic carbocycles. The number of rotatable bonds is 10. The van der Waals surface area contributed by atoms with Gasteiger partial charge in [0.1, 0.15) is 17.5 Å². The minimum Gasteiger partial charge on any atom is -0.491 e. The fourth-order valence-corrected chi connectivity index (χ4v) is 5.83. The summed E-state index contributed by atoms with van der Waals surface area (Å²) >= 11 is 14.3. The summed E-state index contributed by atoms with van der Waals surface area (Å²) in [5.41, 5.74) is 3.33. The fraction of sp³-hybridized carbons (Fsp3) is 0.333. The van der Waals surface area contributed by atoms with Crippen molar-refractivity contribution in [1.82, 2.24) is 24.8 Å². The normalized spacial score (nSPS) is 13.7. The number of ether oxygens (including phenoxy) is 1. The molecule has 1 aliphatic rings. The summed E-state index contributed by atoms with van der Waals surface area (Å²) in [4.78, 5) is 21.6. The van der Waals surface area contributed by atoms with Crippen molar-refractivity contribution in [1.29, 1.82) is 0 Å². The van der Waals surface area contributed by atoms with Crippen LogP contribution in [0.15, 0.2) is 48.8 Å². The quantitative estimate of drug-likeness (QED) is 0.209. The van der Waals surface area contributed by atoms with E-state index in [4.69, 9.17) is 37.9 Å². The van der Waals surface area contributed by atoms with Crippen LogP contribution in [0.2, 0.25) is 10.2 Å². The van der Waals surface area contributed by atoms with Crippen LogP contribution in [-0.4, -0.2) is 51.1 Å². The zero-order valence-electron chi connectivity index (χ0n) is 20.6. The number of nitrogens with one attached hydrogen (secondary N) is 1. The van der Waals surface area contributed by atoms with Crippen molar-refractivity contribution in [2.24, 2.45) is 0 Å². The maximum atomic E-state index is 6.51. The molecule has 0 amide bonds. The predicted molar refractivity (Wildman–Crippen MR) is 151 cm³/mol. The monoisotopic (exact) mass is 554 g/mol. The SMILES string of the molecule is CCCc1nc(-c2ccnc(Cl)c2)c(-c2ccnc(Nc3ccc(OCCN4CCCC4)c(Cl)c3)n2)s1. The lowest BCUT2D eigenvalue weighted by Gasteiger charge is -2.16. The van der Waals surface area contributed by atoms with Gasteiger partial charge in [0.05, 0.1) is 26.3 Å². The number of anilines is 2. The standard InChI is InChI=1S/C27H28Cl2N6OS/c1-2-5-24-34-25(18-8-10-30-23(29)16-18)26(37-24)21-9-11-31-27(33-21)32-19-6-7-22(20(28)17-19)36-15-14-35-12-3-4-13-35/h6-11,16-17H,2-5,12-15H2,1H3,(H,31,32,33). The van der Waals surface area contributed by atoms with Gasteiger partial charge in [-0.15, -0.1) is 11.3 Å². The molecule has 0 bridgehead atoms. The van der Waals surface area contributed by atoms with Crippen LogP contribution in [0, 0.1) is 0 Å². The molecule has 192 valence electrons. The van der Waals surface area contributed by atoms with Gasteiger partial charge >= 0.3 is 0 Å². The van der Waals surface area contributed by atoms with Crippen molar-refractivity contribution in [3.8, 4) is 27.6 Å². The van der Waals surface area contributed by atoms with Gasteiger partial charge in [0.15, 0.2) is 0 Å². The number of nitrogens with zero attached hydrogens (tertiary/aromatic N) is 5. The Bertz CT molecular complexity index is 1360. The molecule has 4 heterocycles. The number of likely N-dealkylation sites (tertiary alicyclic amines) is 1. The maximum Gasteiger partial charge on any atom is 0.227 e. The van der Waals surface area contributed by atoms with Crippen LogP contribution in [0.3, 0.4) is 0 Å². The topological polar surface area (TPSA) is 76.1 Å². The van der Waals surface area contributed by atoms with Crippen LogP contribution < -0.4 is 10.1 Å². The highest BCUT2D eigenvalue weighted by Gasteiger charge is 2.17. The van der Waals surface area contributed by atoms with Gasteiger partial charge in [-0.05, 0) is 75.2 Å². The first-order valence-electron chi connectivity index (χ1n) is 12.5. The number of hydrogen-bond donors (Lipinski definition) is 1. The lowest BCUT2D eigenvalue weighted by molar-refractivity contribution is 0.238. The Hall–Kier alpha value is -2.78. The number of hydrogen-bond acceptors (Lipinski definition) is 8. The summed E-state index contributed by atoms with van der Waals surface area (Å²) in [5.74, 6) is 1.15. The number of thiazole rings is 1. The van der Waals surface area contributed by atoms with Crippen LogP contribution in [0.1, 0.15) is 31.2 Å². The predicted octanol–water partition coefficient (Wildman–Crippen LogP) is 7.14. The van der Waals surface area contributed by atoms with Gasteiger partial charge in [0.2, 0.25) is 5.95 Å². The van der Waals surface area contributed by atoms with Crippen molar-refractivity contribution < 1.29 is 4.74 Å². The van der Waals surface area contributed by atoms with Crippen molar-refractivity contribution in [3.05, 3.63) is 64.0 Å². The Balaban J connectivity index is 1.33. The molecule has 10 heteroatoms. The van der Waals surface area contributed by atoms with E-state index in [1.165, 1.54) is 12.8 Å². The molecule has 0 atom stereocenters. The first-order chi connectivity index (χ1) is 18.1. The molecule has 5 rings (SSSR count). The summed E-state index contributed by atoms with van der Waals surface area (Å²) in [5, 5.41) is 5.30. The van der Waals surface area contributed by atoms with E-state index in [1.54, 1.807) is 23.7 Å². The number of aryl methyl sites for hydroxylation is 1. The summed E-state index contributed by atoms with van der Waals surface area (Å²) in [6.45, 7) is 5.99. The first kappa shape index (κ1) is 25.9. The van der Waals surface area contributed by atoms with E-state index in [1.807, 2.05) is 36.4 Å². The molecule has 37 heavy (non-hydrogen) atoms. The van der Waals surface area contributed by atoms with Gasteiger partial charge in [-0.3, -0.25) is 4.90 Å². The second-order valence-electron chi connectivity index (χ2n) is 8.84. The largest absolute Gasteiger partial charge is 0.491 e. The van der Waals surface area contributed by atoms with Crippen LogP contribution >= 0.6 is 34.5 Å². The van der Waals surface area contributed by atoms with Gasteiger partial charge in [-0.1, -0.05) is 30.1 Å². The van der Waals surface area contributed by atoms with Gasteiger partial charge in [0.25, 0.3) is 0 Å². The fourth-order valence-electron chi connectivity index (χ4n) is 4.27. The molecule has 0 saturated carbocycles. The third-order valence-electron chi connectivity index (χ3n) is 6.08. The van der Waals surface area contributed by atoms with Gasteiger partial charge in [-0.2, -0.15) is 0 Å². The van der Waals surface area contributed by atoms with E-state index < -0.39 is 0 Å². The molecule has 0 radical (unpaired) electrons. The molecule has 4 aromatic rings. The van der Waals surface area contributed by atoms with Crippen LogP contribution in [0.5, 0.6) is 5.75 Å². The van der Waals surface area contributed by atoms with Crippen molar-refractivity contribution in [3.63, 3.8) is 0 Å². The summed E-state index contributed by atoms with van der Waals surface area (Å²) in [7, 11) is 0. The molecule has 1 aliphatic heterocycles. The molecule has 0 unspecified atom stereocenters. The highest BCUT2D eigenvalue weighted by Crippen LogP contribution is 2.37. The number of halogens is 2. The molecular weight excluding hydrogens is 527 g/mol. The Labute approximate surface area is 230 Å². The summed E-state index contributed by atoms with van der Waals surface area (Å²) in [6, 6.07) is 11.3. The average molecular weight is 556 g/mol. The van der Waals surface area contributed by atoms with Crippen molar-refractivity contribution >= 4 is 46.2 Å². The summed E-state index contributed by atoms with van der Waals surface area (Å²) in [6.07, 6.45) is 7.89. The Morgan fingerprint density at radius 3 is 2.65 bits per heavy atom. The van der Waals surface area contributed by atoms with Gasteiger partial charge in [-0.25, -0.2) is 19.9 Å². The second kappa shape index (κ2) is 12.2. The van der Waals surface area contributed by atoms with Gasteiger partial charge < -0.3 is 10.1 Å². The van der Waals surface area contributed by atoms with E-state index in [0.717, 1.165) is 65.0 Å². The van der Waals surface area contributed by atoms with E-state index in [9.17, 15) is 0 Å². The van der Waals surface area contributed by atoms with Gasteiger partial charge in [0, 0.05) is 30.2 Å². The minimum absolute atomic E-state index is 0.430. The summed E-state index contributed by atoms with van der Waals surface area (Å²) < 4.78 is 5.91. The highest BCUT2D eigenvalue weighted by molar-refractivity contribution is 7.15. The van der Waals surface area contributed by atoms with Crippen LogP contribution in [0.4, 0.5) is 11.6 Å². The maximum absolute atomic E-state index is 6.51. The number of pyridine rings is 1. The molecule has 0 spiro atoms. The Kier molecular flexibility index (Phi) is 8.51. The molecule has 1 N–H and O–H groups in total. The third-order valence-corrected chi connectivity index (χ3v) is 7.72. The molecule has 3 aromatic heterocycles. The zero-order chi connectivity index (χ0) is 25.6. The zero-order valence-corrected chi connectivity index (χ0v) is 22.9. The van der Waals surface area contributed by atoms with E-state index in [-0.39, 0.29) is 0 Å². The molecule has 1 saturated heterocycles. The molecule has 1 fully saturated rings. The second-order valence-corrected chi connectivity index (χ2v) is 10.7. The van der Waals surface area contributed by atoms with Crippen LogP contribution in [-0.2, 0) is 6.42 Å². The van der Waals surface area contributed by atoms with E-state index in [0.29, 0.717) is 28.5 Å². The number of aromatic nitrogens is 4. The molecule has 1 aromatic carbocycles. The molecule has 7 nitrogen and oxygen atoms in total. The first-order valence-corrected chi connectivity index (χ1v) is 14.0. The Morgan fingerprint density at radius 1 is 1.03 bits per heavy atom. The lowest BCUT2D eigenvalue weighted by atomic mass is 10.1. The lowest BCUT2D eigenvalue weighted by Crippen LogP contribution is -2.25. The number of benzene rings is 1. The van der Waals surface area contributed by atoms with E-state index in [2.05, 4.69) is 27.1 Å². The van der Waals surface area contributed by atoms with Crippen LogP contribution in [0.25, 0.3) is 21.8 Å². The Morgan fingerprint density at radius 2 is 1.86 bits per heavy atom. The smallest absolute Gasteiger partial charge is 0.227 e. The van der Waals surface area contributed by atoms with Crippen molar-refractivity contribution in [2.45, 2.75) is 32.6 Å². The minimum atomic E-state index is 0.430. The van der Waals surface area contributed by atoms with E-state index >= 15 is 0 Å². The van der Waals surface area contributed by atoms with Crippen molar-refractivity contribution in [2.75, 3.05) is 31.6 Å². The molecular formula is C27H28Cl2N6OS. The average Bonchev–Trinajstić information content (AvgIpc) is 3.56.